The number of carbonyl (C=O) groups excluding carboxylic acids is 5. The molecule has 9 nitrogen and oxygen atoms in total. The van der Waals surface area contributed by atoms with E-state index in [9.17, 15) is 24.0 Å². The van der Waals surface area contributed by atoms with E-state index in [0.717, 1.165) is 85.0 Å². The van der Waals surface area contributed by atoms with Crippen molar-refractivity contribution in [2.75, 3.05) is 45.8 Å². The Morgan fingerprint density at radius 1 is 0.420 bits per heavy atom. The van der Waals surface area contributed by atoms with Crippen LogP contribution in [0.3, 0.4) is 0 Å². The van der Waals surface area contributed by atoms with Crippen molar-refractivity contribution < 1.29 is 24.0 Å². The van der Waals surface area contributed by atoms with E-state index in [1.807, 2.05) is 26.1 Å². The van der Waals surface area contributed by atoms with Gasteiger partial charge >= 0.3 is 0 Å². The van der Waals surface area contributed by atoms with E-state index >= 15 is 0 Å². The number of carbonyl (C=O) groups is 5. The zero-order valence-electron chi connectivity index (χ0n) is 42.7. The van der Waals surface area contributed by atoms with Gasteiger partial charge in [0.1, 0.15) is 4.88 Å². The van der Waals surface area contributed by atoms with Crippen LogP contribution in [0.25, 0.3) is 11.1 Å². The molecule has 4 unspecified atom stereocenters. The maximum atomic E-state index is 13.8. The zero-order chi connectivity index (χ0) is 49.6. The van der Waals surface area contributed by atoms with Crippen LogP contribution < -0.4 is 19.6 Å². The fourth-order valence-corrected chi connectivity index (χ4v) is 13.6. The van der Waals surface area contributed by atoms with Crippen molar-refractivity contribution in [2.45, 2.75) is 165 Å². The third-order valence-corrected chi connectivity index (χ3v) is 18.3. The molecule has 4 atom stereocenters. The minimum Gasteiger partial charge on any atom is -0.311 e. The molecule has 376 valence electrons. The Morgan fingerprint density at radius 2 is 0.754 bits per heavy atom. The third kappa shape index (κ3) is 12.6. The average molecular weight is 1020 g/mol. The van der Waals surface area contributed by atoms with Gasteiger partial charge in [-0.2, -0.15) is 0 Å². The highest BCUT2D eigenvalue weighted by molar-refractivity contribution is 7.15. The lowest BCUT2D eigenvalue weighted by atomic mass is 9.98. The summed E-state index contributed by atoms with van der Waals surface area (Å²) in [6.45, 7) is 20.7. The van der Waals surface area contributed by atoms with Crippen LogP contribution in [0, 0.1) is 23.7 Å². The summed E-state index contributed by atoms with van der Waals surface area (Å²) in [6, 6.07) is 8.09. The van der Waals surface area contributed by atoms with Crippen molar-refractivity contribution in [1.82, 2.24) is 0 Å². The standard InChI is InChI=1S/C28H38N2O2S2.C14H19NO2S.C14H21NOS/c1-5-9-11-19(7-3)17-29-21-13-15-33-25(21)23(27(29)31)24-26-22(14-16-34-26)30(28(24)32)18-20(8-4)12-10-6-2;1-3-5-6-10(4-2)9-15-11-7-8-18-13(11)12(16)14(15)17;1-3-5-6-11(4-2)10-15-12-7-8-17-13(12)9-14(15)16/h13-16,19-20H,5-12,17-18H2,1-4H3;7-8,10H,3-6,9H2,1-2H3;7-8,11H,3-6,9-10H2,1-2H3/b24-23+;;. The Balaban J connectivity index is 0.000000188. The van der Waals surface area contributed by atoms with Gasteiger partial charge in [-0.15, -0.1) is 45.3 Å². The van der Waals surface area contributed by atoms with E-state index in [0.29, 0.717) is 58.6 Å². The van der Waals surface area contributed by atoms with Crippen molar-refractivity contribution in [3.05, 3.63) is 65.3 Å². The number of hydrogen-bond donors (Lipinski definition) is 0. The molecule has 8 heterocycles. The quantitative estimate of drug-likeness (QED) is 0.0514. The number of nitrogens with zero attached hydrogens (tertiary/aromatic N) is 4. The van der Waals surface area contributed by atoms with Crippen LogP contribution in [0.1, 0.15) is 182 Å². The van der Waals surface area contributed by atoms with Gasteiger partial charge in [0.05, 0.1) is 50.1 Å². The van der Waals surface area contributed by atoms with Crippen LogP contribution in [0.4, 0.5) is 22.7 Å². The molecule has 0 saturated carbocycles. The number of amides is 4. The Kier molecular flexibility index (Phi) is 20.9. The van der Waals surface area contributed by atoms with Crippen LogP contribution in [-0.2, 0) is 25.6 Å². The summed E-state index contributed by atoms with van der Waals surface area (Å²) in [5.74, 6) is 1.77. The molecule has 4 aliphatic heterocycles. The smallest absolute Gasteiger partial charge is 0.300 e. The van der Waals surface area contributed by atoms with Crippen molar-refractivity contribution in [3.63, 3.8) is 0 Å². The summed E-state index contributed by atoms with van der Waals surface area (Å²) >= 11 is 6.26. The predicted octanol–water partition coefficient (Wildman–Crippen LogP) is 15.2. The minimum absolute atomic E-state index is 0.0133. The van der Waals surface area contributed by atoms with E-state index in [1.165, 1.54) is 86.1 Å². The van der Waals surface area contributed by atoms with Gasteiger partial charge in [-0.05, 0) is 95.1 Å². The summed E-state index contributed by atoms with van der Waals surface area (Å²) in [6.07, 6.45) is 19.2. The Morgan fingerprint density at radius 3 is 1.14 bits per heavy atom. The first-order valence-corrected chi connectivity index (χ1v) is 29.9. The van der Waals surface area contributed by atoms with Gasteiger partial charge in [-0.25, -0.2) is 0 Å². The molecule has 0 fully saturated rings. The molecule has 0 saturated heterocycles. The molecule has 0 aliphatic carbocycles. The lowest BCUT2D eigenvalue weighted by Crippen LogP contribution is -2.34. The number of rotatable bonds is 24. The molecule has 4 aromatic rings. The van der Waals surface area contributed by atoms with Crippen molar-refractivity contribution in [2.24, 2.45) is 23.7 Å². The molecule has 0 radical (unpaired) electrons. The fourth-order valence-electron chi connectivity index (χ4n) is 10.1. The SMILES string of the molecule is CCCCC(CC)CN1C(=O)/C(=C2/C(=O)N(CC(CC)CCCC)c3ccsc32)c2sccc21.CCCCC(CC)CN1C(=O)C(=O)c2sccc21.CCCCC(CC)CN1C(=O)Cc2sccc21. The second-order valence-corrected chi connectivity index (χ2v) is 23.1. The van der Waals surface area contributed by atoms with Crippen LogP contribution in [0.15, 0.2) is 45.8 Å². The van der Waals surface area contributed by atoms with Gasteiger partial charge in [0.2, 0.25) is 5.91 Å². The molecule has 4 amide bonds. The highest BCUT2D eigenvalue weighted by Crippen LogP contribution is 2.51. The second-order valence-electron chi connectivity index (χ2n) is 19.3. The first-order chi connectivity index (χ1) is 33.5. The predicted molar refractivity (Wildman–Crippen MR) is 295 cm³/mol. The van der Waals surface area contributed by atoms with Gasteiger partial charge in [0.15, 0.2) is 0 Å². The average Bonchev–Trinajstić information content (AvgIpc) is 4.25. The highest BCUT2D eigenvalue weighted by Gasteiger charge is 2.44. The van der Waals surface area contributed by atoms with E-state index in [4.69, 9.17) is 0 Å². The van der Waals surface area contributed by atoms with Crippen molar-refractivity contribution >= 4 is 109 Å². The number of ketones is 1. The molecule has 8 rings (SSSR count). The Hall–Kier alpha value is -3.91. The van der Waals surface area contributed by atoms with E-state index in [2.05, 4.69) is 89.7 Å². The lowest BCUT2D eigenvalue weighted by molar-refractivity contribution is -0.117. The van der Waals surface area contributed by atoms with Gasteiger partial charge < -0.3 is 19.6 Å². The number of Topliss-reactive ketones (excluding diaryl/α,β-unsaturated/α-hetero) is 1. The first-order valence-electron chi connectivity index (χ1n) is 26.3. The lowest BCUT2D eigenvalue weighted by Gasteiger charge is -2.23. The van der Waals surface area contributed by atoms with Gasteiger partial charge in [0.25, 0.3) is 23.5 Å². The minimum atomic E-state index is -0.341. The zero-order valence-corrected chi connectivity index (χ0v) is 46.0. The topological polar surface area (TPSA) is 98.3 Å². The van der Waals surface area contributed by atoms with Crippen LogP contribution in [0.2, 0.25) is 0 Å². The fraction of sp³-hybridized carbons (Fsp3) is 0.589. The van der Waals surface area contributed by atoms with E-state index in [1.54, 1.807) is 38.9 Å². The largest absolute Gasteiger partial charge is 0.311 e. The summed E-state index contributed by atoms with van der Waals surface area (Å²) in [5.41, 5.74) is 5.25. The molecule has 13 heteroatoms. The summed E-state index contributed by atoms with van der Waals surface area (Å²) in [4.78, 5) is 74.8. The second kappa shape index (κ2) is 26.5. The normalized spacial score (nSPS) is 17.7. The molecule has 4 aliphatic rings. The van der Waals surface area contributed by atoms with Gasteiger partial charge in [-0.1, -0.05) is 132 Å². The number of thiophene rings is 4. The van der Waals surface area contributed by atoms with E-state index in [-0.39, 0.29) is 23.5 Å². The molecule has 0 bridgehead atoms. The maximum Gasteiger partial charge on any atom is 0.300 e. The molecule has 69 heavy (non-hydrogen) atoms. The Bertz CT molecular complexity index is 2290. The monoisotopic (exact) mass is 1010 g/mol. The highest BCUT2D eigenvalue weighted by atomic mass is 32.1. The summed E-state index contributed by atoms with van der Waals surface area (Å²) in [5, 5.41) is 8.09. The first kappa shape index (κ1) is 54.4. The third-order valence-electron chi connectivity index (χ3n) is 14.6. The van der Waals surface area contributed by atoms with Crippen LogP contribution in [0.5, 0.6) is 0 Å². The van der Waals surface area contributed by atoms with Crippen molar-refractivity contribution in [1.29, 1.82) is 0 Å². The Labute approximate surface area is 429 Å². The molecule has 4 aromatic heterocycles. The number of hydrogen-bond acceptors (Lipinski definition) is 9. The van der Waals surface area contributed by atoms with Gasteiger partial charge in [0, 0.05) is 31.1 Å². The maximum absolute atomic E-state index is 13.8. The molecule has 0 spiro atoms. The number of fused-ring (bicyclic) bond motifs is 4. The number of unbranched alkanes of at least 4 members (excludes halogenated alkanes) is 4. The van der Waals surface area contributed by atoms with Crippen LogP contribution in [-0.4, -0.2) is 55.6 Å². The molecular formula is C56H78N4O5S4. The summed E-state index contributed by atoms with van der Waals surface area (Å²) in [7, 11) is 0. The van der Waals surface area contributed by atoms with E-state index < -0.39 is 0 Å². The summed E-state index contributed by atoms with van der Waals surface area (Å²) < 4.78 is 0. The molecule has 0 aromatic carbocycles. The van der Waals surface area contributed by atoms with Crippen LogP contribution >= 0.6 is 45.3 Å². The number of anilines is 4. The van der Waals surface area contributed by atoms with Crippen molar-refractivity contribution in [3.8, 4) is 0 Å². The molecule has 0 N–H and O–H groups in total. The molecular weight excluding hydrogens is 937 g/mol. The van der Waals surface area contributed by atoms with Gasteiger partial charge in [-0.3, -0.25) is 24.0 Å².